The number of hydrogen-bond donors (Lipinski definition) is 0. The summed E-state index contributed by atoms with van der Waals surface area (Å²) in [5, 5.41) is 0. The zero-order chi connectivity index (χ0) is 17.1. The summed E-state index contributed by atoms with van der Waals surface area (Å²) < 4.78 is 11.3. The summed E-state index contributed by atoms with van der Waals surface area (Å²) >= 11 is 0. The van der Waals surface area contributed by atoms with Crippen molar-refractivity contribution in [2.45, 2.75) is 17.9 Å². The normalized spacial score (nSPS) is 23.4. The van der Waals surface area contributed by atoms with Crippen LogP contribution in [0, 0.1) is 0 Å². The van der Waals surface area contributed by atoms with Gasteiger partial charge in [-0.1, -0.05) is 60.7 Å². The number of carbonyl (C=O) groups excluding carboxylic acids is 1. The molecule has 0 bridgehead atoms. The quantitative estimate of drug-likeness (QED) is 0.804. The lowest BCUT2D eigenvalue weighted by atomic mass is 9.72. The van der Waals surface area contributed by atoms with Gasteiger partial charge in [0, 0.05) is 26.1 Å². The van der Waals surface area contributed by atoms with E-state index in [2.05, 4.69) is 4.90 Å². The number of ether oxygens (including phenoxy) is 2. The smallest absolute Gasteiger partial charge is 0.321 e. The summed E-state index contributed by atoms with van der Waals surface area (Å²) in [4.78, 5) is 15.4. The van der Waals surface area contributed by atoms with E-state index in [9.17, 15) is 4.79 Å². The van der Waals surface area contributed by atoms with Crippen LogP contribution in [0.15, 0.2) is 60.7 Å². The van der Waals surface area contributed by atoms with E-state index in [0.29, 0.717) is 6.42 Å². The molecular formula is C21H23NO3. The highest BCUT2D eigenvalue weighted by atomic mass is 16.6. The van der Waals surface area contributed by atoms with Crippen LogP contribution in [0.3, 0.4) is 0 Å². The molecule has 2 aliphatic rings. The minimum Gasteiger partial charge on any atom is -0.460 e. The number of benzene rings is 2. The molecule has 4 nitrogen and oxygen atoms in total. The van der Waals surface area contributed by atoms with Gasteiger partial charge in [-0.3, -0.25) is 9.69 Å². The van der Waals surface area contributed by atoms with Crippen LogP contribution in [0.25, 0.3) is 0 Å². The monoisotopic (exact) mass is 337 g/mol. The van der Waals surface area contributed by atoms with Gasteiger partial charge in [-0.15, -0.1) is 0 Å². The second kappa shape index (κ2) is 6.98. The van der Waals surface area contributed by atoms with E-state index in [-0.39, 0.29) is 12.1 Å². The lowest BCUT2D eigenvalue weighted by Gasteiger charge is -2.29. The van der Waals surface area contributed by atoms with Crippen molar-refractivity contribution in [2.75, 3.05) is 32.8 Å². The third kappa shape index (κ3) is 3.08. The average molecular weight is 337 g/mol. The van der Waals surface area contributed by atoms with Crippen LogP contribution in [0.5, 0.6) is 0 Å². The van der Waals surface area contributed by atoms with Crippen molar-refractivity contribution < 1.29 is 14.3 Å². The molecule has 0 N–H and O–H groups in total. The molecular weight excluding hydrogens is 314 g/mol. The van der Waals surface area contributed by atoms with Crippen LogP contribution in [0.1, 0.15) is 17.5 Å². The highest BCUT2D eigenvalue weighted by Crippen LogP contribution is 2.43. The van der Waals surface area contributed by atoms with Crippen molar-refractivity contribution in [3.05, 3.63) is 71.8 Å². The molecule has 0 aromatic heterocycles. The second-order valence-electron chi connectivity index (χ2n) is 6.78. The summed E-state index contributed by atoms with van der Waals surface area (Å²) in [7, 11) is 0. The molecule has 0 saturated carbocycles. The minimum absolute atomic E-state index is 0.0917. The number of nitrogens with zero attached hydrogens (tertiary/aromatic N) is 1. The topological polar surface area (TPSA) is 38.8 Å². The fourth-order valence-electron chi connectivity index (χ4n) is 3.98. The molecule has 2 heterocycles. The van der Waals surface area contributed by atoms with Crippen molar-refractivity contribution >= 4 is 5.97 Å². The largest absolute Gasteiger partial charge is 0.460 e. The van der Waals surface area contributed by atoms with Gasteiger partial charge in [0.15, 0.2) is 0 Å². The van der Waals surface area contributed by atoms with Gasteiger partial charge in [0.2, 0.25) is 0 Å². The molecule has 2 fully saturated rings. The predicted molar refractivity (Wildman–Crippen MR) is 95.4 cm³/mol. The van der Waals surface area contributed by atoms with Gasteiger partial charge in [-0.05, 0) is 11.1 Å². The number of cyclic esters (lactones) is 1. The summed E-state index contributed by atoms with van der Waals surface area (Å²) in [6, 6.07) is 20.0. The Morgan fingerprint density at radius 3 is 2.04 bits per heavy atom. The summed E-state index contributed by atoms with van der Waals surface area (Å²) in [6.45, 7) is 4.08. The molecule has 1 atom stereocenters. The van der Waals surface area contributed by atoms with Crippen LogP contribution in [-0.2, 0) is 19.7 Å². The van der Waals surface area contributed by atoms with Crippen molar-refractivity contribution in [1.29, 1.82) is 0 Å². The minimum atomic E-state index is -0.709. The highest BCUT2D eigenvalue weighted by molar-refractivity contribution is 5.89. The fourth-order valence-corrected chi connectivity index (χ4v) is 3.98. The van der Waals surface area contributed by atoms with E-state index in [4.69, 9.17) is 9.47 Å². The number of hydrogen-bond acceptors (Lipinski definition) is 4. The Morgan fingerprint density at radius 1 is 0.920 bits per heavy atom. The molecule has 0 amide bonds. The number of rotatable bonds is 4. The van der Waals surface area contributed by atoms with Gasteiger partial charge in [-0.25, -0.2) is 0 Å². The number of esters is 1. The molecule has 0 aliphatic carbocycles. The third-order valence-electron chi connectivity index (χ3n) is 5.25. The van der Waals surface area contributed by atoms with Gasteiger partial charge in [0.25, 0.3) is 0 Å². The zero-order valence-electron chi connectivity index (χ0n) is 14.3. The van der Waals surface area contributed by atoms with E-state index in [1.807, 2.05) is 60.7 Å². The maximum Gasteiger partial charge on any atom is 0.321 e. The van der Waals surface area contributed by atoms with E-state index in [1.54, 1.807) is 0 Å². The summed E-state index contributed by atoms with van der Waals surface area (Å²) in [5.74, 6) is -0.136. The Bertz CT molecular complexity index is 671. The molecule has 4 heteroatoms. The standard InChI is InChI=1S/C21H23NO3/c23-20-21(17-7-3-1-4-8-17,18-9-5-2-6-10-18)15-19(25-20)16-22-11-13-24-14-12-22/h1-10,19H,11-16H2. The van der Waals surface area contributed by atoms with Crippen LogP contribution >= 0.6 is 0 Å². The van der Waals surface area contributed by atoms with Crippen LogP contribution in [-0.4, -0.2) is 49.8 Å². The van der Waals surface area contributed by atoms with Crippen molar-refractivity contribution in [2.24, 2.45) is 0 Å². The Balaban J connectivity index is 1.66. The molecule has 1 unspecified atom stereocenters. The Morgan fingerprint density at radius 2 is 1.48 bits per heavy atom. The average Bonchev–Trinajstić information content (AvgIpc) is 3.01. The van der Waals surface area contributed by atoms with Gasteiger partial charge in [0.1, 0.15) is 11.5 Å². The third-order valence-corrected chi connectivity index (χ3v) is 5.25. The van der Waals surface area contributed by atoms with Gasteiger partial charge in [-0.2, -0.15) is 0 Å². The van der Waals surface area contributed by atoms with E-state index in [1.165, 1.54) is 0 Å². The SMILES string of the molecule is O=C1OC(CN2CCOCC2)CC1(c1ccccc1)c1ccccc1. The van der Waals surface area contributed by atoms with Crippen LogP contribution in [0.4, 0.5) is 0 Å². The van der Waals surface area contributed by atoms with Crippen molar-refractivity contribution in [3.63, 3.8) is 0 Å². The van der Waals surface area contributed by atoms with Crippen molar-refractivity contribution in [1.82, 2.24) is 4.90 Å². The molecule has 2 aromatic carbocycles. The van der Waals surface area contributed by atoms with E-state index < -0.39 is 5.41 Å². The van der Waals surface area contributed by atoms with Gasteiger partial charge < -0.3 is 9.47 Å². The summed E-state index contributed by atoms with van der Waals surface area (Å²) in [5.41, 5.74) is 1.31. The maximum atomic E-state index is 13.1. The molecule has 2 aliphatic heterocycles. The van der Waals surface area contributed by atoms with Crippen LogP contribution < -0.4 is 0 Å². The highest BCUT2D eigenvalue weighted by Gasteiger charge is 2.51. The molecule has 2 saturated heterocycles. The first-order chi connectivity index (χ1) is 12.3. The first kappa shape index (κ1) is 16.3. The zero-order valence-corrected chi connectivity index (χ0v) is 14.3. The summed E-state index contributed by atoms with van der Waals surface area (Å²) in [6.07, 6.45) is 0.586. The Hall–Kier alpha value is -2.17. The fraction of sp³-hybridized carbons (Fsp3) is 0.381. The van der Waals surface area contributed by atoms with E-state index in [0.717, 1.165) is 44.0 Å². The Kier molecular flexibility index (Phi) is 4.55. The first-order valence-electron chi connectivity index (χ1n) is 8.91. The van der Waals surface area contributed by atoms with Crippen LogP contribution in [0.2, 0.25) is 0 Å². The maximum absolute atomic E-state index is 13.1. The molecule has 4 rings (SSSR count). The number of carbonyl (C=O) groups is 1. The Labute approximate surface area is 148 Å². The molecule has 0 radical (unpaired) electrons. The van der Waals surface area contributed by atoms with Gasteiger partial charge in [0.05, 0.1) is 13.2 Å². The van der Waals surface area contributed by atoms with Gasteiger partial charge >= 0.3 is 5.97 Å². The lowest BCUT2D eigenvalue weighted by molar-refractivity contribution is -0.145. The lowest BCUT2D eigenvalue weighted by Crippen LogP contribution is -2.41. The molecule has 25 heavy (non-hydrogen) atoms. The predicted octanol–water partition coefficient (Wildman–Crippen LogP) is 2.62. The molecule has 2 aromatic rings. The first-order valence-corrected chi connectivity index (χ1v) is 8.91. The second-order valence-corrected chi connectivity index (χ2v) is 6.78. The molecule has 130 valence electrons. The van der Waals surface area contributed by atoms with E-state index >= 15 is 0 Å². The van der Waals surface area contributed by atoms with Crippen molar-refractivity contribution in [3.8, 4) is 0 Å². The number of morpholine rings is 1. The molecule has 0 spiro atoms.